The van der Waals surface area contributed by atoms with Gasteiger partial charge < -0.3 is 0 Å². The van der Waals surface area contributed by atoms with Gasteiger partial charge in [0.1, 0.15) is 5.82 Å². The average molecular weight is 225 g/mol. The van der Waals surface area contributed by atoms with Gasteiger partial charge in [0.15, 0.2) is 0 Å². The van der Waals surface area contributed by atoms with E-state index in [2.05, 4.69) is 5.32 Å². The number of benzene rings is 1. The second kappa shape index (κ2) is 4.02. The van der Waals surface area contributed by atoms with Gasteiger partial charge in [-0.2, -0.15) is 0 Å². The fraction of sp³-hybridized carbons (Fsp3) is 0.200. The summed E-state index contributed by atoms with van der Waals surface area (Å²) in [5.74, 6) is -0.576. The number of amides is 2. The van der Waals surface area contributed by atoms with E-state index in [1.165, 1.54) is 12.1 Å². The lowest BCUT2D eigenvalue weighted by Gasteiger charge is -2.04. The normalized spacial score (nSPS) is 20.5. The molecular formula is C10H8FNO2S. The van der Waals surface area contributed by atoms with Crippen LogP contribution in [0.2, 0.25) is 0 Å². The molecule has 0 saturated carbocycles. The maximum atomic E-state index is 12.6. The van der Waals surface area contributed by atoms with Crippen LogP contribution in [0.15, 0.2) is 24.3 Å². The number of carbonyl (C=O) groups excluding carboxylic acids is 2. The highest BCUT2D eigenvalue weighted by Gasteiger charge is 2.31. The Kier molecular flexibility index (Phi) is 2.73. The van der Waals surface area contributed by atoms with Crippen LogP contribution in [-0.2, 0) is 11.2 Å². The van der Waals surface area contributed by atoms with Gasteiger partial charge in [0, 0.05) is 0 Å². The van der Waals surface area contributed by atoms with Gasteiger partial charge in [0.2, 0.25) is 5.91 Å². The molecule has 0 aliphatic carbocycles. The van der Waals surface area contributed by atoms with Crippen molar-refractivity contribution >= 4 is 22.9 Å². The van der Waals surface area contributed by atoms with Crippen molar-refractivity contribution in [2.24, 2.45) is 0 Å². The van der Waals surface area contributed by atoms with Crippen molar-refractivity contribution in [3.05, 3.63) is 35.6 Å². The van der Waals surface area contributed by atoms with Crippen molar-refractivity contribution in [1.82, 2.24) is 5.32 Å². The number of imide groups is 1. The molecule has 5 heteroatoms. The fourth-order valence-corrected chi connectivity index (χ4v) is 2.22. The van der Waals surface area contributed by atoms with Gasteiger partial charge in [-0.1, -0.05) is 23.9 Å². The highest BCUT2D eigenvalue weighted by Crippen LogP contribution is 2.22. The molecule has 78 valence electrons. The summed E-state index contributed by atoms with van der Waals surface area (Å²) in [4.78, 5) is 22.1. The highest BCUT2D eigenvalue weighted by atomic mass is 32.2. The van der Waals surface area contributed by atoms with Crippen molar-refractivity contribution in [3.8, 4) is 0 Å². The minimum absolute atomic E-state index is 0.269. The maximum absolute atomic E-state index is 12.6. The molecule has 1 atom stereocenters. The molecule has 2 amide bonds. The van der Waals surface area contributed by atoms with Crippen LogP contribution in [0.5, 0.6) is 0 Å². The van der Waals surface area contributed by atoms with Crippen LogP contribution in [0.25, 0.3) is 0 Å². The molecule has 0 spiro atoms. The summed E-state index contributed by atoms with van der Waals surface area (Å²) in [6, 6.07) is 5.92. The fourth-order valence-electron chi connectivity index (χ4n) is 1.36. The molecule has 1 saturated heterocycles. The van der Waals surface area contributed by atoms with E-state index in [4.69, 9.17) is 0 Å². The van der Waals surface area contributed by atoms with Crippen molar-refractivity contribution in [2.75, 3.05) is 0 Å². The van der Waals surface area contributed by atoms with Gasteiger partial charge in [-0.3, -0.25) is 14.9 Å². The zero-order valence-electron chi connectivity index (χ0n) is 7.70. The monoisotopic (exact) mass is 225 g/mol. The van der Waals surface area contributed by atoms with Gasteiger partial charge in [-0.15, -0.1) is 0 Å². The van der Waals surface area contributed by atoms with Crippen LogP contribution in [0.1, 0.15) is 5.56 Å². The van der Waals surface area contributed by atoms with E-state index >= 15 is 0 Å². The van der Waals surface area contributed by atoms with E-state index in [0.29, 0.717) is 6.42 Å². The third-order valence-electron chi connectivity index (χ3n) is 2.10. The largest absolute Gasteiger partial charge is 0.286 e. The third-order valence-corrected chi connectivity index (χ3v) is 3.08. The van der Waals surface area contributed by atoms with Crippen LogP contribution in [0, 0.1) is 5.82 Å². The zero-order valence-corrected chi connectivity index (χ0v) is 8.51. The summed E-state index contributed by atoms with van der Waals surface area (Å²) in [5.41, 5.74) is 0.846. The summed E-state index contributed by atoms with van der Waals surface area (Å²) in [7, 11) is 0. The zero-order chi connectivity index (χ0) is 10.8. The molecule has 0 unspecified atom stereocenters. The van der Waals surface area contributed by atoms with E-state index in [1.807, 2.05) is 0 Å². The first-order chi connectivity index (χ1) is 7.15. The Morgan fingerprint density at radius 2 is 1.93 bits per heavy atom. The van der Waals surface area contributed by atoms with E-state index in [9.17, 15) is 14.0 Å². The molecule has 1 aliphatic rings. The highest BCUT2D eigenvalue weighted by molar-refractivity contribution is 8.15. The molecular weight excluding hydrogens is 217 g/mol. The van der Waals surface area contributed by atoms with Crippen molar-refractivity contribution in [2.45, 2.75) is 11.7 Å². The topological polar surface area (TPSA) is 46.2 Å². The molecule has 1 aromatic carbocycles. The van der Waals surface area contributed by atoms with Crippen LogP contribution in [-0.4, -0.2) is 16.4 Å². The van der Waals surface area contributed by atoms with Crippen molar-refractivity contribution in [1.29, 1.82) is 0 Å². The molecule has 15 heavy (non-hydrogen) atoms. The minimum atomic E-state index is -0.386. The first-order valence-corrected chi connectivity index (χ1v) is 5.29. The number of halogens is 1. The SMILES string of the molecule is O=C1NC(=O)[C@H](Cc2ccc(F)cc2)S1. The van der Waals surface area contributed by atoms with Gasteiger partial charge in [-0.05, 0) is 24.1 Å². The Morgan fingerprint density at radius 1 is 1.27 bits per heavy atom. The molecule has 0 radical (unpaired) electrons. The molecule has 2 rings (SSSR count). The standard InChI is InChI=1S/C10H8FNO2S/c11-7-3-1-6(2-4-7)5-8-9(13)12-10(14)15-8/h1-4,8H,5H2,(H,12,13,14)/t8-/m0/s1. The maximum Gasteiger partial charge on any atom is 0.286 e. The Hall–Kier alpha value is -1.36. The molecule has 0 bridgehead atoms. The Bertz CT molecular complexity index is 404. The van der Waals surface area contributed by atoms with Gasteiger partial charge in [0.05, 0.1) is 5.25 Å². The first-order valence-electron chi connectivity index (χ1n) is 4.41. The predicted octanol–water partition coefficient (Wildman–Crippen LogP) is 1.72. The molecule has 3 nitrogen and oxygen atoms in total. The van der Waals surface area contributed by atoms with Crippen LogP contribution >= 0.6 is 11.8 Å². The van der Waals surface area contributed by atoms with Crippen LogP contribution in [0.3, 0.4) is 0 Å². The van der Waals surface area contributed by atoms with Crippen LogP contribution < -0.4 is 5.32 Å². The minimum Gasteiger partial charge on any atom is -0.286 e. The van der Waals surface area contributed by atoms with Gasteiger partial charge in [-0.25, -0.2) is 4.39 Å². The van der Waals surface area contributed by atoms with Crippen molar-refractivity contribution in [3.63, 3.8) is 0 Å². The summed E-state index contributed by atoms with van der Waals surface area (Å²) < 4.78 is 12.6. The molecule has 0 aromatic heterocycles. The first kappa shape index (κ1) is 10.2. The van der Waals surface area contributed by atoms with Crippen molar-refractivity contribution < 1.29 is 14.0 Å². The van der Waals surface area contributed by atoms with E-state index in [0.717, 1.165) is 17.3 Å². The average Bonchev–Trinajstić information content (AvgIpc) is 2.49. The third kappa shape index (κ3) is 2.36. The van der Waals surface area contributed by atoms with Gasteiger partial charge >= 0.3 is 0 Å². The lowest BCUT2D eigenvalue weighted by atomic mass is 10.1. The van der Waals surface area contributed by atoms with E-state index < -0.39 is 0 Å². The lowest BCUT2D eigenvalue weighted by molar-refractivity contribution is -0.118. The summed E-state index contributed by atoms with van der Waals surface area (Å²) in [5, 5.41) is 1.51. The molecule has 1 aromatic rings. The Balaban J connectivity index is 2.06. The lowest BCUT2D eigenvalue weighted by Crippen LogP contribution is -2.25. The smallest absolute Gasteiger partial charge is 0.286 e. The summed E-state index contributed by atoms with van der Waals surface area (Å²) in [6.07, 6.45) is 0.447. The summed E-state index contributed by atoms with van der Waals surface area (Å²) in [6.45, 7) is 0. The van der Waals surface area contributed by atoms with Gasteiger partial charge in [0.25, 0.3) is 5.24 Å². The number of hydrogen-bond donors (Lipinski definition) is 1. The number of hydrogen-bond acceptors (Lipinski definition) is 3. The molecule has 1 fully saturated rings. The second-order valence-electron chi connectivity index (χ2n) is 3.21. The Labute approximate surface area is 90.0 Å². The number of carbonyl (C=O) groups is 2. The number of thioether (sulfide) groups is 1. The van der Waals surface area contributed by atoms with E-state index in [-0.39, 0.29) is 22.2 Å². The number of nitrogens with one attached hydrogen (secondary N) is 1. The number of rotatable bonds is 2. The molecule has 1 N–H and O–H groups in total. The molecule has 1 aliphatic heterocycles. The quantitative estimate of drug-likeness (QED) is 0.833. The second-order valence-corrected chi connectivity index (χ2v) is 4.39. The predicted molar refractivity (Wildman–Crippen MR) is 55.0 cm³/mol. The molecule has 1 heterocycles. The summed E-state index contributed by atoms with van der Waals surface area (Å²) >= 11 is 0.979. The van der Waals surface area contributed by atoms with E-state index in [1.54, 1.807) is 12.1 Å². The Morgan fingerprint density at radius 3 is 2.47 bits per heavy atom. The van der Waals surface area contributed by atoms with Crippen LogP contribution in [0.4, 0.5) is 9.18 Å².